The Morgan fingerprint density at radius 3 is 2.96 bits per heavy atom. The quantitative estimate of drug-likeness (QED) is 0.733. The van der Waals surface area contributed by atoms with Gasteiger partial charge in [-0.15, -0.1) is 11.3 Å². The van der Waals surface area contributed by atoms with Gasteiger partial charge in [0.1, 0.15) is 5.60 Å². The van der Waals surface area contributed by atoms with Gasteiger partial charge in [0.2, 0.25) is 0 Å². The topological polar surface area (TPSA) is 82.7 Å². The number of piperidine rings is 1. The van der Waals surface area contributed by atoms with Crippen molar-refractivity contribution in [2.75, 3.05) is 45.9 Å². The third-order valence-electron chi connectivity index (χ3n) is 5.22. The lowest BCUT2D eigenvalue weighted by molar-refractivity contribution is -0.0771. The van der Waals surface area contributed by atoms with Gasteiger partial charge in [-0.25, -0.2) is 4.79 Å². The molecule has 0 aromatic carbocycles. The number of amides is 3. The van der Waals surface area contributed by atoms with Crippen molar-refractivity contribution < 1.29 is 14.3 Å². The zero-order valence-electron chi connectivity index (χ0n) is 14.2. The van der Waals surface area contributed by atoms with Gasteiger partial charge in [-0.05, 0) is 44.0 Å². The number of nitrogens with one attached hydrogen (secondary N) is 3. The molecule has 0 saturated carbocycles. The molecule has 8 heteroatoms. The Morgan fingerprint density at radius 1 is 1.36 bits per heavy atom. The smallest absolute Gasteiger partial charge is 0.317 e. The molecule has 3 amide bonds. The summed E-state index contributed by atoms with van der Waals surface area (Å²) >= 11 is 1.57. The van der Waals surface area contributed by atoms with Crippen LogP contribution in [-0.4, -0.2) is 62.7 Å². The number of ether oxygens (including phenoxy) is 1. The van der Waals surface area contributed by atoms with Crippen molar-refractivity contribution in [3.8, 4) is 0 Å². The van der Waals surface area contributed by atoms with Crippen LogP contribution in [-0.2, 0) is 16.8 Å². The molecular formula is C17H24N4O3S. The molecule has 1 aromatic rings. The summed E-state index contributed by atoms with van der Waals surface area (Å²) in [5, 5.41) is 9.09. The molecule has 0 unspecified atom stereocenters. The van der Waals surface area contributed by atoms with Crippen LogP contribution in [0.25, 0.3) is 0 Å². The number of rotatable bonds is 4. The van der Waals surface area contributed by atoms with E-state index in [0.29, 0.717) is 26.2 Å². The highest BCUT2D eigenvalue weighted by Gasteiger charge is 2.41. The number of thiophene rings is 1. The van der Waals surface area contributed by atoms with E-state index in [0.717, 1.165) is 43.8 Å². The van der Waals surface area contributed by atoms with Gasteiger partial charge in [0.05, 0.1) is 11.5 Å². The van der Waals surface area contributed by atoms with E-state index in [1.165, 1.54) is 10.4 Å². The highest BCUT2D eigenvalue weighted by molar-refractivity contribution is 7.14. The van der Waals surface area contributed by atoms with Crippen LogP contribution in [0.2, 0.25) is 0 Å². The maximum atomic E-state index is 12.5. The number of urea groups is 1. The molecule has 0 bridgehead atoms. The molecule has 0 aliphatic carbocycles. The van der Waals surface area contributed by atoms with Gasteiger partial charge in [-0.2, -0.15) is 0 Å². The summed E-state index contributed by atoms with van der Waals surface area (Å²) < 4.78 is 6.17. The van der Waals surface area contributed by atoms with Crippen molar-refractivity contribution >= 4 is 23.3 Å². The molecule has 3 aliphatic rings. The minimum absolute atomic E-state index is 0.0502. The van der Waals surface area contributed by atoms with E-state index in [1.807, 2.05) is 6.07 Å². The zero-order valence-corrected chi connectivity index (χ0v) is 15.0. The van der Waals surface area contributed by atoms with Crippen LogP contribution in [0.3, 0.4) is 0 Å². The van der Waals surface area contributed by atoms with Gasteiger partial charge >= 0.3 is 6.03 Å². The molecule has 1 spiro atoms. The molecule has 3 aliphatic heterocycles. The summed E-state index contributed by atoms with van der Waals surface area (Å²) in [5.41, 5.74) is 1.07. The Labute approximate surface area is 151 Å². The van der Waals surface area contributed by atoms with E-state index in [9.17, 15) is 9.59 Å². The summed E-state index contributed by atoms with van der Waals surface area (Å²) in [6.07, 6.45) is 2.81. The summed E-state index contributed by atoms with van der Waals surface area (Å²) in [6.45, 7) is 5.04. The van der Waals surface area contributed by atoms with Crippen LogP contribution in [0.5, 0.6) is 0 Å². The second-order valence-corrected chi connectivity index (χ2v) is 7.83. The van der Waals surface area contributed by atoms with Crippen molar-refractivity contribution in [3.05, 3.63) is 21.4 Å². The highest BCUT2D eigenvalue weighted by atomic mass is 32.1. The van der Waals surface area contributed by atoms with Crippen LogP contribution in [0.4, 0.5) is 4.79 Å². The third-order valence-corrected chi connectivity index (χ3v) is 6.58. The standard InChI is InChI=1S/C17H24N4O3S/c22-15(19-6-8-21-9-7-20-16(21)23)13-11-12-1-10-24-17(14(12)25-13)2-4-18-5-3-17/h11,18H,1-10H2,(H,19,22)(H,20,23). The maximum Gasteiger partial charge on any atom is 0.317 e. The monoisotopic (exact) mass is 364 g/mol. The Bertz CT molecular complexity index is 669. The predicted octanol–water partition coefficient (Wildman–Crippen LogP) is 0.655. The molecule has 2 saturated heterocycles. The molecule has 7 nitrogen and oxygen atoms in total. The molecule has 4 rings (SSSR count). The lowest BCUT2D eigenvalue weighted by Gasteiger charge is -2.40. The number of carbonyl (C=O) groups is 2. The molecule has 4 heterocycles. The molecule has 3 N–H and O–H groups in total. The van der Waals surface area contributed by atoms with Crippen molar-refractivity contribution in [2.45, 2.75) is 24.9 Å². The number of nitrogens with zero attached hydrogens (tertiary/aromatic N) is 1. The minimum Gasteiger partial charge on any atom is -0.369 e. The van der Waals surface area contributed by atoms with E-state index in [1.54, 1.807) is 16.2 Å². The van der Waals surface area contributed by atoms with Crippen molar-refractivity contribution in [3.63, 3.8) is 0 Å². The number of hydrogen-bond donors (Lipinski definition) is 3. The van der Waals surface area contributed by atoms with Gasteiger partial charge in [-0.3, -0.25) is 4.79 Å². The van der Waals surface area contributed by atoms with Gasteiger partial charge in [0, 0.05) is 31.1 Å². The van der Waals surface area contributed by atoms with Gasteiger partial charge in [0.15, 0.2) is 0 Å². The number of fused-ring (bicyclic) bond motifs is 2. The fourth-order valence-electron chi connectivity index (χ4n) is 3.85. The van der Waals surface area contributed by atoms with Crippen molar-refractivity contribution in [2.24, 2.45) is 0 Å². The molecule has 136 valence electrons. The van der Waals surface area contributed by atoms with Gasteiger partial charge < -0.3 is 25.6 Å². The van der Waals surface area contributed by atoms with Crippen LogP contribution < -0.4 is 16.0 Å². The second kappa shape index (κ2) is 6.93. The summed E-state index contributed by atoms with van der Waals surface area (Å²) in [7, 11) is 0. The minimum atomic E-state index is -0.199. The van der Waals surface area contributed by atoms with E-state index in [2.05, 4.69) is 16.0 Å². The first-order chi connectivity index (χ1) is 12.2. The summed E-state index contributed by atoms with van der Waals surface area (Å²) in [5.74, 6) is -0.0527. The number of hydrogen-bond acceptors (Lipinski definition) is 5. The normalized spacial score (nSPS) is 21.9. The Morgan fingerprint density at radius 2 is 2.20 bits per heavy atom. The van der Waals surface area contributed by atoms with Crippen molar-refractivity contribution in [1.82, 2.24) is 20.9 Å². The van der Waals surface area contributed by atoms with E-state index < -0.39 is 0 Å². The van der Waals surface area contributed by atoms with Crippen LogP contribution >= 0.6 is 11.3 Å². The maximum absolute atomic E-state index is 12.5. The van der Waals surface area contributed by atoms with Gasteiger partial charge in [-0.1, -0.05) is 0 Å². The average molecular weight is 364 g/mol. The first-order valence-corrected chi connectivity index (χ1v) is 9.78. The number of carbonyl (C=O) groups excluding carboxylic acids is 2. The van der Waals surface area contributed by atoms with Crippen molar-refractivity contribution in [1.29, 1.82) is 0 Å². The molecule has 25 heavy (non-hydrogen) atoms. The Hall–Kier alpha value is -1.64. The van der Waals surface area contributed by atoms with E-state index in [4.69, 9.17) is 4.74 Å². The van der Waals surface area contributed by atoms with Crippen LogP contribution in [0, 0.1) is 0 Å². The molecule has 1 aromatic heterocycles. The third kappa shape index (κ3) is 3.26. The fourth-order valence-corrected chi connectivity index (χ4v) is 5.18. The van der Waals surface area contributed by atoms with Gasteiger partial charge in [0.25, 0.3) is 5.91 Å². The Balaban J connectivity index is 1.41. The van der Waals surface area contributed by atoms with E-state index in [-0.39, 0.29) is 17.5 Å². The first kappa shape index (κ1) is 16.8. The largest absolute Gasteiger partial charge is 0.369 e. The van der Waals surface area contributed by atoms with Crippen LogP contribution in [0.1, 0.15) is 33.0 Å². The fraction of sp³-hybridized carbons (Fsp3) is 0.647. The molecule has 0 atom stereocenters. The van der Waals surface area contributed by atoms with Crippen LogP contribution in [0.15, 0.2) is 6.07 Å². The van der Waals surface area contributed by atoms with E-state index >= 15 is 0 Å². The summed E-state index contributed by atoms with van der Waals surface area (Å²) in [4.78, 5) is 27.7. The lowest BCUT2D eigenvalue weighted by atomic mass is 9.86. The molecule has 2 fully saturated rings. The lowest BCUT2D eigenvalue weighted by Crippen LogP contribution is -2.43. The molecular weight excluding hydrogens is 340 g/mol. The molecule has 0 radical (unpaired) electrons. The first-order valence-electron chi connectivity index (χ1n) is 8.97. The summed E-state index contributed by atoms with van der Waals surface area (Å²) in [6, 6.07) is 1.98. The zero-order chi connectivity index (χ0) is 17.3. The average Bonchev–Trinajstić information content (AvgIpc) is 3.23. The SMILES string of the molecule is O=C(NCCN1CCNC1=O)c1cc2c(s1)C1(CCNCC1)OCC2. The Kier molecular flexibility index (Phi) is 4.66. The second-order valence-electron chi connectivity index (χ2n) is 6.78. The predicted molar refractivity (Wildman–Crippen MR) is 95.1 cm³/mol. The highest BCUT2D eigenvalue weighted by Crippen LogP contribution is 2.44.